The molecule has 0 spiro atoms. The van der Waals surface area contributed by atoms with E-state index >= 15 is 0 Å². The fourth-order valence-electron chi connectivity index (χ4n) is 2.65. The number of rotatable bonds is 3. The number of aromatic hydroxyl groups is 3. The lowest BCUT2D eigenvalue weighted by atomic mass is 9.93. The molecule has 1 aliphatic rings. The van der Waals surface area contributed by atoms with E-state index in [2.05, 4.69) is 10.6 Å². The Morgan fingerprint density at radius 1 is 1.00 bits per heavy atom. The van der Waals surface area contributed by atoms with Crippen LogP contribution in [0.3, 0.4) is 0 Å². The lowest BCUT2D eigenvalue weighted by Crippen LogP contribution is -2.34. The summed E-state index contributed by atoms with van der Waals surface area (Å²) < 4.78 is 0. The van der Waals surface area contributed by atoms with Crippen LogP contribution in [0.15, 0.2) is 36.4 Å². The van der Waals surface area contributed by atoms with Crippen molar-refractivity contribution in [1.29, 1.82) is 0 Å². The summed E-state index contributed by atoms with van der Waals surface area (Å²) in [5.74, 6) is 0.0788. The highest BCUT2D eigenvalue weighted by molar-refractivity contribution is 5.85. The summed E-state index contributed by atoms with van der Waals surface area (Å²) >= 11 is 0. The van der Waals surface area contributed by atoms with Crippen LogP contribution in [-0.4, -0.2) is 28.4 Å². The van der Waals surface area contributed by atoms with E-state index in [4.69, 9.17) is 0 Å². The summed E-state index contributed by atoms with van der Waals surface area (Å²) in [5.41, 5.74) is 2.98. The summed E-state index contributed by atoms with van der Waals surface area (Å²) in [5, 5.41) is 35.2. The molecule has 0 saturated heterocycles. The summed E-state index contributed by atoms with van der Waals surface area (Å²) in [6.07, 6.45) is 0.832. The van der Waals surface area contributed by atoms with E-state index in [1.807, 2.05) is 12.1 Å². The van der Waals surface area contributed by atoms with Crippen molar-refractivity contribution in [3.05, 3.63) is 47.5 Å². The normalized spacial score (nSPS) is 15.7. The first kappa shape index (κ1) is 19.2. The molecule has 23 heavy (non-hydrogen) atoms. The SMILES string of the molecule is Cl.Cl.Oc1ccc(NCC2NCCc3cc(O)c(O)cc32)cc1. The molecule has 126 valence electrons. The zero-order valence-electron chi connectivity index (χ0n) is 12.3. The molecule has 1 aliphatic heterocycles. The highest BCUT2D eigenvalue weighted by atomic mass is 35.5. The molecule has 0 radical (unpaired) electrons. The van der Waals surface area contributed by atoms with Gasteiger partial charge in [0.15, 0.2) is 11.5 Å². The van der Waals surface area contributed by atoms with Gasteiger partial charge in [0.05, 0.1) is 0 Å². The molecule has 0 bridgehead atoms. The Kier molecular flexibility index (Phi) is 6.81. The molecule has 5 nitrogen and oxygen atoms in total. The fourth-order valence-corrected chi connectivity index (χ4v) is 2.65. The average Bonchev–Trinajstić information content (AvgIpc) is 2.48. The summed E-state index contributed by atoms with van der Waals surface area (Å²) in [6, 6.07) is 10.2. The fraction of sp³-hybridized carbons (Fsp3) is 0.250. The number of fused-ring (bicyclic) bond motifs is 1. The largest absolute Gasteiger partial charge is 0.508 e. The van der Waals surface area contributed by atoms with Crippen LogP contribution < -0.4 is 10.6 Å². The number of nitrogens with one attached hydrogen (secondary N) is 2. The molecular formula is C16H20Cl2N2O3. The zero-order chi connectivity index (χ0) is 14.8. The van der Waals surface area contributed by atoms with Gasteiger partial charge < -0.3 is 26.0 Å². The van der Waals surface area contributed by atoms with Crippen LogP contribution in [0.4, 0.5) is 5.69 Å². The van der Waals surface area contributed by atoms with E-state index < -0.39 is 0 Å². The number of benzene rings is 2. The van der Waals surface area contributed by atoms with Gasteiger partial charge >= 0.3 is 0 Å². The third kappa shape index (κ3) is 4.34. The maximum absolute atomic E-state index is 9.68. The number of halogens is 2. The van der Waals surface area contributed by atoms with Crippen molar-refractivity contribution in [2.45, 2.75) is 12.5 Å². The van der Waals surface area contributed by atoms with E-state index in [9.17, 15) is 15.3 Å². The Morgan fingerprint density at radius 3 is 2.35 bits per heavy atom. The highest BCUT2D eigenvalue weighted by Crippen LogP contribution is 2.33. The molecule has 1 atom stereocenters. The Morgan fingerprint density at radius 2 is 1.65 bits per heavy atom. The molecule has 2 aromatic carbocycles. The van der Waals surface area contributed by atoms with Crippen molar-refractivity contribution in [3.63, 3.8) is 0 Å². The predicted octanol–water partition coefficient (Wildman–Crippen LogP) is 2.95. The average molecular weight is 359 g/mol. The molecule has 0 amide bonds. The molecule has 0 fully saturated rings. The molecule has 2 aromatic rings. The van der Waals surface area contributed by atoms with Gasteiger partial charge in [-0.2, -0.15) is 0 Å². The third-order valence-electron chi connectivity index (χ3n) is 3.77. The molecule has 1 unspecified atom stereocenters. The number of anilines is 1. The minimum atomic E-state index is -0.0907. The second-order valence-corrected chi connectivity index (χ2v) is 5.22. The number of hydrogen-bond donors (Lipinski definition) is 5. The van der Waals surface area contributed by atoms with Crippen LogP contribution in [-0.2, 0) is 6.42 Å². The van der Waals surface area contributed by atoms with Crippen molar-refractivity contribution >= 4 is 30.5 Å². The van der Waals surface area contributed by atoms with Crippen molar-refractivity contribution in [3.8, 4) is 17.2 Å². The first-order valence-electron chi connectivity index (χ1n) is 6.94. The summed E-state index contributed by atoms with van der Waals surface area (Å²) in [6.45, 7) is 1.49. The van der Waals surface area contributed by atoms with Crippen LogP contribution in [0, 0.1) is 0 Å². The van der Waals surface area contributed by atoms with Gasteiger partial charge in [0.2, 0.25) is 0 Å². The van der Waals surface area contributed by atoms with Crippen LogP contribution in [0.2, 0.25) is 0 Å². The second-order valence-electron chi connectivity index (χ2n) is 5.22. The standard InChI is InChI=1S/C16H18N2O3.2ClH/c19-12-3-1-11(2-4-12)18-9-14-13-8-16(21)15(20)7-10(13)5-6-17-14;;/h1-4,7-8,14,17-21H,5-6,9H2;2*1H. The molecule has 5 N–H and O–H groups in total. The van der Waals surface area contributed by atoms with Gasteiger partial charge in [-0.1, -0.05) is 0 Å². The second kappa shape index (κ2) is 8.15. The Labute approximate surface area is 147 Å². The monoisotopic (exact) mass is 358 g/mol. The molecule has 3 rings (SSSR count). The Bertz CT molecular complexity index is 651. The van der Waals surface area contributed by atoms with Crippen molar-refractivity contribution in [2.24, 2.45) is 0 Å². The number of phenols is 3. The minimum Gasteiger partial charge on any atom is -0.508 e. The van der Waals surface area contributed by atoms with E-state index in [0.29, 0.717) is 6.54 Å². The molecule has 7 heteroatoms. The predicted molar refractivity (Wildman–Crippen MR) is 95.3 cm³/mol. The van der Waals surface area contributed by atoms with Gasteiger partial charge in [0.1, 0.15) is 5.75 Å². The number of hydrogen-bond acceptors (Lipinski definition) is 5. The maximum atomic E-state index is 9.68. The van der Waals surface area contributed by atoms with Crippen LogP contribution in [0.25, 0.3) is 0 Å². The molecular weight excluding hydrogens is 339 g/mol. The lowest BCUT2D eigenvalue weighted by Gasteiger charge is -2.28. The summed E-state index contributed by atoms with van der Waals surface area (Å²) in [7, 11) is 0. The van der Waals surface area contributed by atoms with Crippen molar-refractivity contribution in [1.82, 2.24) is 5.32 Å². The first-order valence-corrected chi connectivity index (χ1v) is 6.94. The van der Waals surface area contributed by atoms with Crippen LogP contribution >= 0.6 is 24.8 Å². The first-order chi connectivity index (χ1) is 10.1. The third-order valence-corrected chi connectivity index (χ3v) is 3.77. The minimum absolute atomic E-state index is 0. The van der Waals surface area contributed by atoms with Gasteiger partial charge in [0.25, 0.3) is 0 Å². The molecule has 1 heterocycles. The zero-order valence-corrected chi connectivity index (χ0v) is 14.0. The van der Waals surface area contributed by atoms with E-state index in [1.165, 1.54) is 0 Å². The smallest absolute Gasteiger partial charge is 0.157 e. The van der Waals surface area contributed by atoms with Gasteiger partial charge in [-0.25, -0.2) is 0 Å². The van der Waals surface area contributed by atoms with E-state index in [-0.39, 0.29) is 48.1 Å². The molecule has 0 saturated carbocycles. The topological polar surface area (TPSA) is 84.8 Å². The van der Waals surface area contributed by atoms with Crippen molar-refractivity contribution < 1.29 is 15.3 Å². The maximum Gasteiger partial charge on any atom is 0.157 e. The molecule has 0 aliphatic carbocycles. The van der Waals surface area contributed by atoms with Gasteiger partial charge in [-0.15, -0.1) is 24.8 Å². The van der Waals surface area contributed by atoms with Gasteiger partial charge in [0, 0.05) is 18.3 Å². The van der Waals surface area contributed by atoms with Gasteiger partial charge in [-0.05, 0) is 60.5 Å². The Balaban J connectivity index is 0.00000132. The van der Waals surface area contributed by atoms with Gasteiger partial charge in [-0.3, -0.25) is 0 Å². The van der Waals surface area contributed by atoms with E-state index in [0.717, 1.165) is 29.8 Å². The molecule has 0 aromatic heterocycles. The van der Waals surface area contributed by atoms with Crippen molar-refractivity contribution in [2.75, 3.05) is 18.4 Å². The summed E-state index contributed by atoms with van der Waals surface area (Å²) in [4.78, 5) is 0. The Hall–Kier alpha value is -1.82. The number of phenolic OH excluding ortho intramolecular Hbond substituents is 3. The lowest BCUT2D eigenvalue weighted by molar-refractivity contribution is 0.399. The van der Waals surface area contributed by atoms with E-state index in [1.54, 1.807) is 24.3 Å². The highest BCUT2D eigenvalue weighted by Gasteiger charge is 2.21. The quantitative estimate of drug-likeness (QED) is 0.430. The van der Waals surface area contributed by atoms with Crippen LogP contribution in [0.5, 0.6) is 17.2 Å². The van der Waals surface area contributed by atoms with Crippen LogP contribution in [0.1, 0.15) is 17.2 Å².